The Labute approximate surface area is 382 Å². The molecule has 24 heteroatoms. The van der Waals surface area contributed by atoms with Crippen LogP contribution in [-0.4, -0.2) is 140 Å². The number of aromatic amines is 1. The van der Waals surface area contributed by atoms with Crippen molar-refractivity contribution in [1.29, 1.82) is 0 Å². The number of nitrogens with one attached hydrogen (secondary N) is 8. The highest BCUT2D eigenvalue weighted by atomic mass is 16.4. The minimum Gasteiger partial charge on any atom is -0.481 e. The normalized spacial score (nSPS) is 14.0. The lowest BCUT2D eigenvalue weighted by atomic mass is 9.98. The van der Waals surface area contributed by atoms with Gasteiger partial charge >= 0.3 is 23.9 Å². The van der Waals surface area contributed by atoms with E-state index in [1.54, 1.807) is 56.4 Å². The third-order valence-electron chi connectivity index (χ3n) is 10.3. The van der Waals surface area contributed by atoms with Gasteiger partial charge in [0.05, 0.1) is 32.0 Å². The van der Waals surface area contributed by atoms with E-state index in [9.17, 15) is 73.2 Å². The van der Waals surface area contributed by atoms with Gasteiger partial charge in [-0.3, -0.25) is 47.9 Å². The van der Waals surface area contributed by atoms with E-state index in [1.807, 2.05) is 18.2 Å². The van der Waals surface area contributed by atoms with E-state index in [-0.39, 0.29) is 12.8 Å². The number of para-hydroxylation sites is 1. The summed E-state index contributed by atoms with van der Waals surface area (Å²) in [4.78, 5) is 142. The number of hydrogen-bond acceptors (Lipinski definition) is 12. The minimum absolute atomic E-state index is 0.0955. The maximum absolute atomic E-state index is 13.6. The summed E-state index contributed by atoms with van der Waals surface area (Å²) in [6.45, 7) is 1.58. The molecular weight excluding hydrogens is 883 g/mol. The lowest BCUT2D eigenvalue weighted by Crippen LogP contribution is -2.58. The number of carboxylic acid groups (broad SMARTS) is 4. The number of benzene rings is 2. The Kier molecular flexibility index (Phi) is 20.9. The van der Waals surface area contributed by atoms with Gasteiger partial charge in [0.15, 0.2) is 0 Å². The van der Waals surface area contributed by atoms with Crippen LogP contribution in [0.3, 0.4) is 0 Å². The molecule has 1 heterocycles. The first-order chi connectivity index (χ1) is 31.7. The van der Waals surface area contributed by atoms with Crippen molar-refractivity contribution in [2.24, 2.45) is 11.7 Å². The number of hydrogen-bond donors (Lipinski definition) is 13. The molecule has 3 aromatic rings. The second-order valence-corrected chi connectivity index (χ2v) is 15.5. The van der Waals surface area contributed by atoms with E-state index < -0.39 is 146 Å². The number of carbonyl (C=O) groups is 11. The van der Waals surface area contributed by atoms with Gasteiger partial charge in [-0.25, -0.2) is 4.79 Å². The van der Waals surface area contributed by atoms with E-state index in [4.69, 9.17) is 5.73 Å². The summed E-state index contributed by atoms with van der Waals surface area (Å²) in [5, 5.41) is 54.4. The van der Waals surface area contributed by atoms with E-state index in [0.717, 1.165) is 16.5 Å². The molecule has 362 valence electrons. The lowest BCUT2D eigenvalue weighted by molar-refractivity contribution is -0.145. The molecule has 0 fully saturated rings. The fraction of sp³-hybridized carbons (Fsp3) is 0.419. The average Bonchev–Trinajstić information content (AvgIpc) is 3.68. The molecule has 0 bridgehead atoms. The van der Waals surface area contributed by atoms with Crippen molar-refractivity contribution in [2.45, 2.75) is 95.0 Å². The number of rotatable bonds is 28. The average molecular weight is 938 g/mol. The molecule has 1 aromatic heterocycles. The molecule has 3 rings (SSSR count). The highest BCUT2D eigenvalue weighted by molar-refractivity contribution is 5.98. The van der Waals surface area contributed by atoms with E-state index in [0.29, 0.717) is 12.0 Å². The molecule has 2 aromatic carbocycles. The van der Waals surface area contributed by atoms with Crippen LogP contribution < -0.4 is 43.0 Å². The molecule has 0 aliphatic carbocycles. The largest absolute Gasteiger partial charge is 0.481 e. The van der Waals surface area contributed by atoms with Crippen LogP contribution in [0.15, 0.2) is 60.8 Å². The third-order valence-corrected chi connectivity index (χ3v) is 10.3. The first kappa shape index (κ1) is 53.4. The number of aliphatic carboxylic acids is 4. The van der Waals surface area contributed by atoms with Crippen LogP contribution in [0.1, 0.15) is 57.1 Å². The smallest absolute Gasteiger partial charge is 0.326 e. The molecule has 7 atom stereocenters. The molecule has 0 spiro atoms. The maximum Gasteiger partial charge on any atom is 0.326 e. The predicted octanol–water partition coefficient (Wildman–Crippen LogP) is -2.12. The summed E-state index contributed by atoms with van der Waals surface area (Å²) < 4.78 is 0. The topological polar surface area (TPSA) is 395 Å². The Balaban J connectivity index is 1.69. The third kappa shape index (κ3) is 17.9. The predicted molar refractivity (Wildman–Crippen MR) is 234 cm³/mol. The van der Waals surface area contributed by atoms with Crippen LogP contribution in [0.2, 0.25) is 0 Å². The Morgan fingerprint density at radius 2 is 1.12 bits per heavy atom. The molecule has 67 heavy (non-hydrogen) atoms. The van der Waals surface area contributed by atoms with Gasteiger partial charge < -0.3 is 68.4 Å². The molecular formula is C43H55N9O15. The van der Waals surface area contributed by atoms with Crippen LogP contribution in [0.4, 0.5) is 0 Å². The van der Waals surface area contributed by atoms with Crippen LogP contribution >= 0.6 is 0 Å². The van der Waals surface area contributed by atoms with E-state index in [1.165, 1.54) is 0 Å². The number of carbonyl (C=O) groups excluding carboxylic acids is 7. The SMILES string of the molecule is CC[C@H](C)[C@H](NC(=O)[C@H](CC(=O)O)NC(=O)[C@H](Cc1ccccc1)NC(=O)CNC(=O)[C@H](CCC(=O)O)NC(=O)[C@H](CC(=O)O)NC(=O)CNC(=O)[C@@H](N)Cc1c[nH]c2ccccc12)C(=O)O. The molecule has 24 nitrogen and oxygen atoms in total. The summed E-state index contributed by atoms with van der Waals surface area (Å²) in [5.41, 5.74) is 8.09. The number of carboxylic acids is 4. The number of H-pyrrole nitrogens is 1. The summed E-state index contributed by atoms with van der Waals surface area (Å²) in [6, 6.07) is 5.96. The van der Waals surface area contributed by atoms with Crippen molar-refractivity contribution in [3.63, 3.8) is 0 Å². The zero-order valence-electron chi connectivity index (χ0n) is 36.5. The van der Waals surface area contributed by atoms with Gasteiger partial charge in [-0.15, -0.1) is 0 Å². The van der Waals surface area contributed by atoms with Gasteiger partial charge in [-0.2, -0.15) is 0 Å². The van der Waals surface area contributed by atoms with Gasteiger partial charge in [0.1, 0.15) is 30.2 Å². The van der Waals surface area contributed by atoms with Crippen LogP contribution in [0.25, 0.3) is 10.9 Å². The summed E-state index contributed by atoms with van der Waals surface area (Å²) in [7, 11) is 0. The Morgan fingerprint density at radius 3 is 1.70 bits per heavy atom. The molecule has 0 aliphatic rings. The highest BCUT2D eigenvalue weighted by Crippen LogP contribution is 2.19. The molecule has 14 N–H and O–H groups in total. The first-order valence-electron chi connectivity index (χ1n) is 21.0. The minimum atomic E-state index is -1.85. The molecule has 0 saturated heterocycles. The zero-order valence-corrected chi connectivity index (χ0v) is 36.5. The van der Waals surface area contributed by atoms with Crippen LogP contribution in [0, 0.1) is 5.92 Å². The van der Waals surface area contributed by atoms with Crippen molar-refractivity contribution in [3.05, 3.63) is 71.9 Å². The lowest BCUT2D eigenvalue weighted by Gasteiger charge is -2.26. The van der Waals surface area contributed by atoms with Gasteiger partial charge in [-0.1, -0.05) is 68.8 Å². The summed E-state index contributed by atoms with van der Waals surface area (Å²) in [5.74, 6) is -13.8. The zero-order chi connectivity index (χ0) is 49.8. The Hall–Kier alpha value is -7.89. The van der Waals surface area contributed by atoms with Crippen molar-refractivity contribution in [3.8, 4) is 0 Å². The van der Waals surface area contributed by atoms with Crippen molar-refractivity contribution < 1.29 is 73.2 Å². The standard InChI is InChI=1S/C43H55N9O15/c1-3-22(2)37(43(66)67)52-42(65)31(18-36(59)60)51-40(63)29(15-23-9-5-4-6-10-23)48-33(54)21-47-39(62)28(13-14-34(55)56)50-41(64)30(17-35(57)58)49-32(53)20-46-38(61)26(44)16-24-19-45-27-12-8-7-11-25(24)27/h4-12,19,22,26,28-31,37,45H,3,13-18,20-21,44H2,1-2H3,(H,46,61)(H,47,62)(H,48,54)(H,49,53)(H,50,64)(H,51,63)(H,52,65)(H,55,56)(H,57,58)(H,59,60)(H,66,67)/t22-,26-,28-,29-,30-,31-,37-/m0/s1. The number of aromatic nitrogens is 1. The maximum atomic E-state index is 13.6. The molecule has 0 aliphatic heterocycles. The quantitative estimate of drug-likeness (QED) is 0.0370. The number of fused-ring (bicyclic) bond motifs is 1. The first-order valence-corrected chi connectivity index (χ1v) is 21.0. The molecule has 0 unspecified atom stereocenters. The summed E-state index contributed by atoms with van der Waals surface area (Å²) >= 11 is 0. The van der Waals surface area contributed by atoms with Crippen molar-refractivity contribution in [1.82, 2.24) is 42.2 Å². The Morgan fingerprint density at radius 1 is 0.597 bits per heavy atom. The highest BCUT2D eigenvalue weighted by Gasteiger charge is 2.34. The fourth-order valence-electron chi connectivity index (χ4n) is 6.55. The molecule has 0 radical (unpaired) electrons. The molecule has 0 saturated carbocycles. The summed E-state index contributed by atoms with van der Waals surface area (Å²) in [6.07, 6.45) is -1.39. The monoisotopic (exact) mass is 937 g/mol. The second kappa shape index (κ2) is 26.2. The van der Waals surface area contributed by atoms with Gasteiger partial charge in [-0.05, 0) is 36.0 Å². The Bertz CT molecular complexity index is 2290. The van der Waals surface area contributed by atoms with Gasteiger partial charge in [0.2, 0.25) is 41.4 Å². The van der Waals surface area contributed by atoms with E-state index >= 15 is 0 Å². The van der Waals surface area contributed by atoms with E-state index in [2.05, 4.69) is 42.2 Å². The van der Waals surface area contributed by atoms with Crippen LogP contribution in [-0.2, 0) is 65.6 Å². The van der Waals surface area contributed by atoms with Crippen molar-refractivity contribution >= 4 is 76.1 Å². The van der Waals surface area contributed by atoms with Gasteiger partial charge in [0, 0.05) is 29.9 Å². The van der Waals surface area contributed by atoms with Crippen LogP contribution in [0.5, 0.6) is 0 Å². The fourth-order valence-corrected chi connectivity index (χ4v) is 6.55. The number of nitrogens with two attached hydrogens (primary N) is 1. The second-order valence-electron chi connectivity index (χ2n) is 15.5. The molecule has 7 amide bonds. The van der Waals surface area contributed by atoms with Gasteiger partial charge in [0.25, 0.3) is 0 Å². The van der Waals surface area contributed by atoms with Crippen molar-refractivity contribution in [2.75, 3.05) is 13.1 Å². The number of amides is 7.